The Morgan fingerprint density at radius 2 is 1.87 bits per heavy atom. The second-order valence-electron chi connectivity index (χ2n) is 7.32. The normalized spacial score (nSPS) is 18.5. The van der Waals surface area contributed by atoms with Gasteiger partial charge in [-0.2, -0.15) is 18.3 Å². The SMILES string of the molecule is C[C@H]1CC(c2ccc(C(F)(F)F)cc2)C(=O)c2c(NC(=O)c3cncc(F)c3)cnn21. The number of alkyl halides is 3. The Morgan fingerprint density at radius 1 is 1.16 bits per heavy atom. The van der Waals surface area contributed by atoms with Crippen LogP contribution in [-0.2, 0) is 6.18 Å². The van der Waals surface area contributed by atoms with Crippen molar-refractivity contribution < 1.29 is 27.2 Å². The fourth-order valence-electron chi connectivity index (χ4n) is 3.67. The number of nitrogens with zero attached hydrogens (tertiary/aromatic N) is 3. The van der Waals surface area contributed by atoms with Gasteiger partial charge in [0.1, 0.15) is 11.5 Å². The van der Waals surface area contributed by atoms with E-state index in [0.29, 0.717) is 12.0 Å². The molecule has 1 amide bonds. The Balaban J connectivity index is 1.63. The molecule has 1 aromatic carbocycles. The number of rotatable bonds is 3. The molecule has 10 heteroatoms. The van der Waals surface area contributed by atoms with E-state index in [2.05, 4.69) is 15.4 Å². The Kier molecular flexibility index (Phi) is 5.08. The zero-order chi connectivity index (χ0) is 22.3. The summed E-state index contributed by atoms with van der Waals surface area (Å²) in [6.45, 7) is 1.82. The molecule has 0 saturated heterocycles. The smallest absolute Gasteiger partial charge is 0.319 e. The molecule has 2 aromatic heterocycles. The third-order valence-electron chi connectivity index (χ3n) is 5.20. The van der Waals surface area contributed by atoms with E-state index in [1.807, 2.05) is 6.92 Å². The molecular weight excluding hydrogens is 416 g/mol. The average Bonchev–Trinajstić information content (AvgIpc) is 3.14. The summed E-state index contributed by atoms with van der Waals surface area (Å²) < 4.78 is 53.4. The van der Waals surface area contributed by atoms with Gasteiger partial charge in [0.25, 0.3) is 5.91 Å². The molecule has 1 N–H and O–H groups in total. The summed E-state index contributed by atoms with van der Waals surface area (Å²) in [6.07, 6.45) is -0.657. The Hall–Kier alpha value is -3.56. The molecule has 3 aromatic rings. The van der Waals surface area contributed by atoms with Gasteiger partial charge in [-0.25, -0.2) is 4.39 Å². The van der Waals surface area contributed by atoms with Crippen LogP contribution >= 0.6 is 0 Å². The summed E-state index contributed by atoms with van der Waals surface area (Å²) in [7, 11) is 0. The van der Waals surface area contributed by atoms with E-state index >= 15 is 0 Å². The van der Waals surface area contributed by atoms with Crippen molar-refractivity contribution in [3.63, 3.8) is 0 Å². The molecule has 0 spiro atoms. The van der Waals surface area contributed by atoms with Crippen LogP contribution in [0.2, 0.25) is 0 Å². The molecule has 1 unspecified atom stereocenters. The number of carbonyl (C=O) groups excluding carboxylic acids is 2. The highest BCUT2D eigenvalue weighted by Crippen LogP contribution is 2.39. The van der Waals surface area contributed by atoms with Gasteiger partial charge in [-0.3, -0.25) is 19.3 Å². The number of nitrogens with one attached hydrogen (secondary N) is 1. The number of pyridine rings is 1. The first-order valence-electron chi connectivity index (χ1n) is 9.36. The number of hydrogen-bond donors (Lipinski definition) is 1. The number of aromatic nitrogens is 3. The van der Waals surface area contributed by atoms with E-state index in [-0.39, 0.29) is 28.8 Å². The molecule has 0 saturated carbocycles. The number of hydrogen-bond acceptors (Lipinski definition) is 4. The van der Waals surface area contributed by atoms with Crippen molar-refractivity contribution in [3.8, 4) is 0 Å². The maximum Gasteiger partial charge on any atom is 0.416 e. The molecule has 160 valence electrons. The molecule has 2 atom stereocenters. The summed E-state index contributed by atoms with van der Waals surface area (Å²) in [5, 5.41) is 6.72. The van der Waals surface area contributed by atoms with Crippen molar-refractivity contribution in [1.29, 1.82) is 0 Å². The molecule has 4 rings (SSSR count). The molecule has 0 radical (unpaired) electrons. The minimum Gasteiger partial charge on any atom is -0.319 e. The number of carbonyl (C=O) groups is 2. The highest BCUT2D eigenvalue weighted by atomic mass is 19.4. The van der Waals surface area contributed by atoms with Crippen molar-refractivity contribution in [2.24, 2.45) is 0 Å². The van der Waals surface area contributed by atoms with Crippen LogP contribution in [0.25, 0.3) is 0 Å². The lowest BCUT2D eigenvalue weighted by atomic mass is 9.84. The second-order valence-corrected chi connectivity index (χ2v) is 7.32. The van der Waals surface area contributed by atoms with Crippen molar-refractivity contribution >= 4 is 17.4 Å². The predicted octanol–water partition coefficient (Wildman–Crippen LogP) is 4.62. The fourth-order valence-corrected chi connectivity index (χ4v) is 3.67. The lowest BCUT2D eigenvalue weighted by molar-refractivity contribution is -0.137. The maximum absolute atomic E-state index is 13.4. The lowest BCUT2D eigenvalue weighted by Crippen LogP contribution is -2.29. The van der Waals surface area contributed by atoms with Gasteiger partial charge in [0.15, 0.2) is 5.78 Å². The average molecular weight is 432 g/mol. The predicted molar refractivity (Wildman–Crippen MR) is 102 cm³/mol. The molecule has 0 aliphatic carbocycles. The third kappa shape index (κ3) is 3.92. The minimum absolute atomic E-state index is 0.0319. The summed E-state index contributed by atoms with van der Waals surface area (Å²) in [6, 6.07) is 5.24. The molecule has 0 bridgehead atoms. The zero-order valence-electron chi connectivity index (χ0n) is 16.2. The van der Waals surface area contributed by atoms with Gasteiger partial charge in [0.2, 0.25) is 0 Å². The van der Waals surface area contributed by atoms with Gasteiger partial charge < -0.3 is 5.32 Å². The largest absolute Gasteiger partial charge is 0.416 e. The van der Waals surface area contributed by atoms with Crippen LogP contribution in [0.3, 0.4) is 0 Å². The number of benzene rings is 1. The number of ketones is 1. The van der Waals surface area contributed by atoms with Gasteiger partial charge in [-0.1, -0.05) is 12.1 Å². The maximum atomic E-state index is 13.4. The first-order valence-corrected chi connectivity index (χ1v) is 9.36. The summed E-state index contributed by atoms with van der Waals surface area (Å²) in [5.74, 6) is -2.41. The van der Waals surface area contributed by atoms with Crippen molar-refractivity contribution in [2.75, 3.05) is 5.32 Å². The van der Waals surface area contributed by atoms with Gasteiger partial charge in [0, 0.05) is 6.20 Å². The summed E-state index contributed by atoms with van der Waals surface area (Å²) in [4.78, 5) is 29.3. The minimum atomic E-state index is -4.47. The molecule has 0 fully saturated rings. The Labute approximate surface area is 173 Å². The fraction of sp³-hybridized carbons (Fsp3) is 0.238. The van der Waals surface area contributed by atoms with Crippen molar-refractivity contribution in [2.45, 2.75) is 31.5 Å². The van der Waals surface area contributed by atoms with E-state index in [1.165, 1.54) is 29.2 Å². The quantitative estimate of drug-likeness (QED) is 0.613. The summed E-state index contributed by atoms with van der Waals surface area (Å²) >= 11 is 0. The third-order valence-corrected chi connectivity index (χ3v) is 5.20. The van der Waals surface area contributed by atoms with E-state index < -0.39 is 29.4 Å². The number of halogens is 4. The molecule has 31 heavy (non-hydrogen) atoms. The zero-order valence-corrected chi connectivity index (χ0v) is 16.2. The number of fused-ring (bicyclic) bond motifs is 1. The van der Waals surface area contributed by atoms with Crippen LogP contribution in [0.4, 0.5) is 23.2 Å². The van der Waals surface area contributed by atoms with Gasteiger partial charge in [-0.05, 0) is 37.1 Å². The van der Waals surface area contributed by atoms with Crippen LogP contribution in [0.15, 0.2) is 48.9 Å². The van der Waals surface area contributed by atoms with E-state index in [1.54, 1.807) is 0 Å². The van der Waals surface area contributed by atoms with Crippen LogP contribution in [0.1, 0.15) is 57.3 Å². The molecule has 1 aliphatic heterocycles. The van der Waals surface area contributed by atoms with Crippen molar-refractivity contribution in [1.82, 2.24) is 14.8 Å². The van der Waals surface area contributed by atoms with Crippen molar-refractivity contribution in [3.05, 3.63) is 77.1 Å². The monoisotopic (exact) mass is 432 g/mol. The standard InChI is InChI=1S/C21H16F4N4O2/c1-11-6-16(12-2-4-14(5-3-12)21(23,24)25)19(30)18-17(10-27-29(11)18)28-20(31)13-7-15(22)9-26-8-13/h2-5,7-11,16H,6H2,1H3,(H,28,31)/t11-,16?/m0/s1. The Morgan fingerprint density at radius 3 is 2.52 bits per heavy atom. The van der Waals surface area contributed by atoms with E-state index in [4.69, 9.17) is 0 Å². The molecular formula is C21H16F4N4O2. The van der Waals surface area contributed by atoms with Gasteiger partial charge in [-0.15, -0.1) is 0 Å². The highest BCUT2D eigenvalue weighted by molar-refractivity contribution is 6.10. The topological polar surface area (TPSA) is 76.9 Å². The van der Waals surface area contributed by atoms with Gasteiger partial charge >= 0.3 is 6.18 Å². The summed E-state index contributed by atoms with van der Waals surface area (Å²) in [5.41, 5.74) is -0.0993. The van der Waals surface area contributed by atoms with Crippen LogP contribution in [-0.4, -0.2) is 26.5 Å². The lowest BCUT2D eigenvalue weighted by Gasteiger charge is -2.28. The van der Waals surface area contributed by atoms with Crippen LogP contribution < -0.4 is 5.32 Å². The second kappa shape index (κ2) is 7.60. The number of Topliss-reactive ketones (excluding diaryl/α,β-unsaturated/α-hetero) is 1. The number of anilines is 1. The van der Waals surface area contributed by atoms with Crippen LogP contribution in [0, 0.1) is 5.82 Å². The van der Waals surface area contributed by atoms with Crippen LogP contribution in [0.5, 0.6) is 0 Å². The highest BCUT2D eigenvalue weighted by Gasteiger charge is 2.37. The Bertz CT molecular complexity index is 1150. The first-order chi connectivity index (χ1) is 14.6. The molecule has 1 aliphatic rings. The first kappa shape index (κ1) is 20.7. The number of amides is 1. The van der Waals surface area contributed by atoms with Gasteiger partial charge in [0.05, 0.1) is 41.2 Å². The molecule has 3 heterocycles. The van der Waals surface area contributed by atoms with E-state index in [0.717, 1.165) is 24.4 Å². The molecule has 6 nitrogen and oxygen atoms in total. The van der Waals surface area contributed by atoms with E-state index in [9.17, 15) is 27.2 Å².